The Bertz CT molecular complexity index is 1020. The fraction of sp³-hybridized carbons (Fsp3) is 0.158. The summed E-state index contributed by atoms with van der Waals surface area (Å²) in [5, 5.41) is 0. The van der Waals surface area contributed by atoms with E-state index < -0.39 is 15.9 Å². The normalized spacial score (nSPS) is 11.3. The number of amides is 1. The Labute approximate surface area is 151 Å². The third-order valence-electron chi connectivity index (χ3n) is 3.82. The second-order valence-electron chi connectivity index (χ2n) is 5.70. The number of sulfonamides is 1. The van der Waals surface area contributed by atoms with Crippen LogP contribution in [0.2, 0.25) is 0 Å². The van der Waals surface area contributed by atoms with Crippen molar-refractivity contribution in [2.24, 2.45) is 0 Å². The minimum atomic E-state index is -3.86. The molecule has 1 N–H and O–H groups in total. The number of benzene rings is 2. The molecule has 3 aromatic rings. The molecule has 1 aromatic heterocycles. The summed E-state index contributed by atoms with van der Waals surface area (Å²) >= 11 is 0. The van der Waals surface area contributed by atoms with Crippen LogP contribution in [0.25, 0.3) is 22.7 Å². The Balaban J connectivity index is 1.90. The summed E-state index contributed by atoms with van der Waals surface area (Å²) in [6, 6.07) is 15.7. The maximum Gasteiger partial charge on any atom is 0.264 e. The van der Waals surface area contributed by atoms with E-state index in [9.17, 15) is 13.2 Å². The van der Waals surface area contributed by atoms with Crippen molar-refractivity contribution in [3.8, 4) is 22.7 Å². The molecule has 0 aliphatic carbocycles. The smallest absolute Gasteiger partial charge is 0.264 e. The number of rotatable bonds is 5. The van der Waals surface area contributed by atoms with E-state index in [-0.39, 0.29) is 11.3 Å². The minimum Gasteiger partial charge on any atom is -0.441 e. The second-order valence-corrected chi connectivity index (χ2v) is 7.38. The van der Waals surface area contributed by atoms with Crippen LogP contribution in [-0.2, 0) is 14.8 Å². The second kappa shape index (κ2) is 7.13. The van der Waals surface area contributed by atoms with Crippen molar-refractivity contribution < 1.29 is 17.6 Å². The minimum absolute atomic E-state index is 0.0208. The van der Waals surface area contributed by atoms with E-state index in [0.717, 1.165) is 11.1 Å². The van der Waals surface area contributed by atoms with Crippen LogP contribution in [0.5, 0.6) is 0 Å². The predicted octanol–water partition coefficient (Wildman–Crippen LogP) is 3.53. The van der Waals surface area contributed by atoms with Gasteiger partial charge in [-0.2, -0.15) is 0 Å². The molecular weight excluding hydrogens is 352 g/mol. The van der Waals surface area contributed by atoms with Crippen LogP contribution in [-0.4, -0.2) is 19.3 Å². The molecule has 1 amide bonds. The highest BCUT2D eigenvalue weighted by Gasteiger charge is 2.18. The molecule has 0 aliphatic rings. The van der Waals surface area contributed by atoms with Gasteiger partial charge in [0.25, 0.3) is 10.0 Å². The number of carbonyl (C=O) groups excluding carboxylic acids is 1. The standard InChI is InChI=1S/C19H18N2O4S/c1-3-17(22)21-26(23,24)16-11-9-14(10-12-16)18-13(2)25-19(20-18)15-7-5-4-6-8-15/h4-12H,3H2,1-2H3,(H,21,22). The number of carbonyl (C=O) groups is 1. The van der Waals surface area contributed by atoms with Crippen molar-refractivity contribution in [2.75, 3.05) is 0 Å². The number of nitrogens with zero attached hydrogens (tertiary/aromatic N) is 1. The van der Waals surface area contributed by atoms with E-state index in [2.05, 4.69) is 4.98 Å². The predicted molar refractivity (Wildman–Crippen MR) is 97.7 cm³/mol. The Morgan fingerprint density at radius 2 is 1.69 bits per heavy atom. The average Bonchev–Trinajstić information content (AvgIpc) is 3.04. The zero-order chi connectivity index (χ0) is 18.7. The highest BCUT2D eigenvalue weighted by molar-refractivity contribution is 7.90. The fourth-order valence-corrected chi connectivity index (χ4v) is 3.50. The molecule has 3 rings (SSSR count). The molecule has 0 radical (unpaired) electrons. The van der Waals surface area contributed by atoms with E-state index in [1.807, 2.05) is 35.1 Å². The van der Waals surface area contributed by atoms with Crippen molar-refractivity contribution >= 4 is 15.9 Å². The molecule has 0 spiro atoms. The van der Waals surface area contributed by atoms with Crippen LogP contribution < -0.4 is 4.72 Å². The Kier molecular flexibility index (Phi) is 4.90. The molecule has 7 heteroatoms. The van der Waals surface area contributed by atoms with E-state index in [0.29, 0.717) is 17.3 Å². The van der Waals surface area contributed by atoms with Gasteiger partial charge in [0, 0.05) is 17.5 Å². The van der Waals surface area contributed by atoms with Crippen LogP contribution in [0.1, 0.15) is 19.1 Å². The first-order chi connectivity index (χ1) is 12.4. The number of oxazole rings is 1. The van der Waals surface area contributed by atoms with E-state index in [1.54, 1.807) is 26.0 Å². The number of aromatic nitrogens is 1. The summed E-state index contributed by atoms with van der Waals surface area (Å²) in [4.78, 5) is 15.9. The van der Waals surface area contributed by atoms with Gasteiger partial charge in [-0.25, -0.2) is 18.1 Å². The van der Waals surface area contributed by atoms with Crippen LogP contribution in [0, 0.1) is 6.92 Å². The maximum absolute atomic E-state index is 12.1. The van der Waals surface area contributed by atoms with Crippen molar-refractivity contribution in [2.45, 2.75) is 25.2 Å². The monoisotopic (exact) mass is 370 g/mol. The maximum atomic E-state index is 12.1. The summed E-state index contributed by atoms with van der Waals surface area (Å²) in [7, 11) is -3.86. The lowest BCUT2D eigenvalue weighted by Gasteiger charge is -2.06. The Morgan fingerprint density at radius 3 is 2.31 bits per heavy atom. The third-order valence-corrected chi connectivity index (χ3v) is 5.21. The molecule has 6 nitrogen and oxygen atoms in total. The topological polar surface area (TPSA) is 89.3 Å². The van der Waals surface area contributed by atoms with Gasteiger partial charge in [-0.1, -0.05) is 37.3 Å². The lowest BCUT2D eigenvalue weighted by atomic mass is 10.1. The summed E-state index contributed by atoms with van der Waals surface area (Å²) in [5.74, 6) is 0.595. The third kappa shape index (κ3) is 3.67. The molecule has 0 aliphatic heterocycles. The molecule has 0 saturated heterocycles. The van der Waals surface area contributed by atoms with Crippen LogP contribution in [0.3, 0.4) is 0 Å². The molecule has 26 heavy (non-hydrogen) atoms. The molecule has 0 unspecified atom stereocenters. The van der Waals surface area contributed by atoms with Crippen LogP contribution >= 0.6 is 0 Å². The van der Waals surface area contributed by atoms with Crippen molar-refractivity contribution in [1.82, 2.24) is 9.71 Å². The van der Waals surface area contributed by atoms with Crippen LogP contribution in [0.15, 0.2) is 63.9 Å². The summed E-state index contributed by atoms with van der Waals surface area (Å²) in [5.41, 5.74) is 2.24. The SMILES string of the molecule is CCC(=O)NS(=O)(=O)c1ccc(-c2nc(-c3ccccc3)oc2C)cc1. The van der Waals surface area contributed by atoms with E-state index in [1.165, 1.54) is 12.1 Å². The van der Waals surface area contributed by atoms with Crippen LogP contribution in [0.4, 0.5) is 0 Å². The summed E-state index contributed by atoms with van der Waals surface area (Å²) < 4.78 is 32.0. The van der Waals surface area contributed by atoms with Gasteiger partial charge in [-0.3, -0.25) is 4.79 Å². The summed E-state index contributed by atoms with van der Waals surface area (Å²) in [6.07, 6.45) is 0.0950. The Morgan fingerprint density at radius 1 is 1.04 bits per heavy atom. The molecule has 134 valence electrons. The fourth-order valence-electron chi connectivity index (χ4n) is 2.44. The zero-order valence-electron chi connectivity index (χ0n) is 14.4. The number of nitrogens with one attached hydrogen (secondary N) is 1. The number of hydrogen-bond donors (Lipinski definition) is 1. The lowest BCUT2D eigenvalue weighted by molar-refractivity contribution is -0.119. The van der Waals surface area contributed by atoms with Crippen molar-refractivity contribution in [3.05, 3.63) is 60.4 Å². The van der Waals surface area contributed by atoms with Gasteiger partial charge in [-0.05, 0) is 31.2 Å². The molecule has 0 bridgehead atoms. The lowest BCUT2D eigenvalue weighted by Crippen LogP contribution is -2.29. The molecule has 0 saturated carbocycles. The Hall–Kier alpha value is -2.93. The molecule has 0 fully saturated rings. The highest BCUT2D eigenvalue weighted by Crippen LogP contribution is 2.29. The van der Waals surface area contributed by atoms with Gasteiger partial charge in [0.1, 0.15) is 11.5 Å². The number of hydrogen-bond acceptors (Lipinski definition) is 5. The van der Waals surface area contributed by atoms with Crippen molar-refractivity contribution in [3.63, 3.8) is 0 Å². The van der Waals surface area contributed by atoms with Gasteiger partial charge in [0.15, 0.2) is 0 Å². The van der Waals surface area contributed by atoms with E-state index >= 15 is 0 Å². The van der Waals surface area contributed by atoms with Gasteiger partial charge < -0.3 is 4.42 Å². The van der Waals surface area contributed by atoms with Crippen molar-refractivity contribution in [1.29, 1.82) is 0 Å². The molecular formula is C19H18N2O4S. The molecule has 1 heterocycles. The first kappa shape index (κ1) is 17.9. The largest absolute Gasteiger partial charge is 0.441 e. The quantitative estimate of drug-likeness (QED) is 0.742. The molecule has 0 atom stereocenters. The summed E-state index contributed by atoms with van der Waals surface area (Å²) in [6.45, 7) is 3.40. The number of aryl methyl sites for hydroxylation is 1. The highest BCUT2D eigenvalue weighted by atomic mass is 32.2. The first-order valence-electron chi connectivity index (χ1n) is 8.09. The zero-order valence-corrected chi connectivity index (χ0v) is 15.2. The average molecular weight is 370 g/mol. The van der Waals surface area contributed by atoms with E-state index in [4.69, 9.17) is 4.42 Å². The van der Waals surface area contributed by atoms with Gasteiger partial charge in [0.05, 0.1) is 4.90 Å². The van der Waals surface area contributed by atoms with Gasteiger partial charge >= 0.3 is 0 Å². The van der Waals surface area contributed by atoms with Gasteiger partial charge in [0.2, 0.25) is 11.8 Å². The first-order valence-corrected chi connectivity index (χ1v) is 9.58. The van der Waals surface area contributed by atoms with Gasteiger partial charge in [-0.15, -0.1) is 0 Å². The molecule has 2 aromatic carbocycles.